The highest BCUT2D eigenvalue weighted by Gasteiger charge is 2.32. The van der Waals surface area contributed by atoms with Gasteiger partial charge in [0.05, 0.1) is 6.04 Å². The van der Waals surface area contributed by atoms with E-state index in [1.165, 1.54) is 12.1 Å². The number of aromatic hydroxyl groups is 1. The van der Waals surface area contributed by atoms with Gasteiger partial charge in [0, 0.05) is 6.42 Å². The lowest BCUT2D eigenvalue weighted by molar-refractivity contribution is -0.142. The normalized spacial score (nSPS) is 15.2. The van der Waals surface area contributed by atoms with Gasteiger partial charge in [-0.05, 0) is 55.3 Å². The topological polar surface area (TPSA) is 197 Å². The van der Waals surface area contributed by atoms with Crippen molar-refractivity contribution in [3.63, 3.8) is 0 Å². The Morgan fingerprint density at radius 3 is 2.00 bits per heavy atom. The molecule has 208 valence electrons. The first-order valence-corrected chi connectivity index (χ1v) is 12.8. The summed E-state index contributed by atoms with van der Waals surface area (Å²) >= 11 is 0. The van der Waals surface area contributed by atoms with Crippen molar-refractivity contribution in [2.75, 3.05) is 6.54 Å². The summed E-state index contributed by atoms with van der Waals surface area (Å²) in [4.78, 5) is 50.8. The number of nitrogens with two attached hydrogens (primary N) is 2. The number of carboxylic acid groups (broad SMARTS) is 1. The second kappa shape index (κ2) is 15.8. The van der Waals surface area contributed by atoms with E-state index in [2.05, 4.69) is 16.0 Å². The Hall–Kier alpha value is -3.18. The molecule has 0 aliphatic rings. The maximum Gasteiger partial charge on any atom is 0.326 e. The molecule has 9 N–H and O–H groups in total. The molecular formula is C26H43N5O6. The molecule has 0 aromatic heterocycles. The number of carbonyl (C=O) groups is 4. The van der Waals surface area contributed by atoms with Crippen LogP contribution < -0.4 is 27.4 Å². The van der Waals surface area contributed by atoms with Crippen LogP contribution in [0.25, 0.3) is 0 Å². The number of carboxylic acids is 1. The Bertz CT molecular complexity index is 892. The van der Waals surface area contributed by atoms with Gasteiger partial charge in [0.2, 0.25) is 17.7 Å². The van der Waals surface area contributed by atoms with Gasteiger partial charge in [0.1, 0.15) is 23.9 Å². The number of carbonyl (C=O) groups excluding carboxylic acids is 3. The molecule has 0 fully saturated rings. The highest BCUT2D eigenvalue weighted by atomic mass is 16.4. The molecule has 0 aliphatic heterocycles. The molecule has 0 saturated heterocycles. The van der Waals surface area contributed by atoms with E-state index < -0.39 is 47.9 Å². The second-order valence-electron chi connectivity index (χ2n) is 9.76. The molecule has 0 saturated carbocycles. The van der Waals surface area contributed by atoms with Crippen LogP contribution in [-0.4, -0.2) is 64.6 Å². The number of hydrogen-bond donors (Lipinski definition) is 7. The summed E-state index contributed by atoms with van der Waals surface area (Å²) in [5.41, 5.74) is 12.1. The number of unbranched alkanes of at least 4 members (excludes halogenated alkanes) is 1. The lowest BCUT2D eigenvalue weighted by Crippen LogP contribution is -2.59. The summed E-state index contributed by atoms with van der Waals surface area (Å²) in [5.74, 6) is -3.21. The van der Waals surface area contributed by atoms with Gasteiger partial charge < -0.3 is 37.6 Å². The third kappa shape index (κ3) is 10.8. The van der Waals surface area contributed by atoms with Crippen molar-refractivity contribution < 1.29 is 29.4 Å². The summed E-state index contributed by atoms with van der Waals surface area (Å²) < 4.78 is 0. The zero-order valence-electron chi connectivity index (χ0n) is 22.2. The first-order valence-electron chi connectivity index (χ1n) is 12.8. The summed E-state index contributed by atoms with van der Waals surface area (Å²) in [7, 11) is 0. The Morgan fingerprint density at radius 1 is 0.892 bits per heavy atom. The molecule has 11 nitrogen and oxygen atoms in total. The maximum atomic E-state index is 13.3. The fourth-order valence-electron chi connectivity index (χ4n) is 3.62. The number of nitrogens with one attached hydrogen (secondary N) is 3. The van der Waals surface area contributed by atoms with Crippen LogP contribution in [0, 0.1) is 11.8 Å². The van der Waals surface area contributed by atoms with Crippen molar-refractivity contribution >= 4 is 23.7 Å². The molecule has 0 spiro atoms. The minimum atomic E-state index is -1.25. The lowest BCUT2D eigenvalue weighted by Gasteiger charge is -2.28. The van der Waals surface area contributed by atoms with Crippen molar-refractivity contribution in [2.45, 2.75) is 84.0 Å². The van der Waals surface area contributed by atoms with Crippen LogP contribution in [0.4, 0.5) is 0 Å². The van der Waals surface area contributed by atoms with E-state index in [4.69, 9.17) is 11.5 Å². The number of amides is 3. The van der Waals surface area contributed by atoms with Gasteiger partial charge in [-0.25, -0.2) is 4.79 Å². The molecule has 3 amide bonds. The molecule has 0 heterocycles. The first-order chi connectivity index (χ1) is 17.4. The van der Waals surface area contributed by atoms with E-state index in [9.17, 15) is 29.4 Å². The van der Waals surface area contributed by atoms with Crippen molar-refractivity contribution in [3.8, 4) is 5.75 Å². The number of benzene rings is 1. The van der Waals surface area contributed by atoms with Gasteiger partial charge in [-0.1, -0.05) is 46.2 Å². The minimum absolute atomic E-state index is 0.0105. The molecule has 0 radical (unpaired) electrons. The van der Waals surface area contributed by atoms with E-state index in [0.29, 0.717) is 31.4 Å². The van der Waals surface area contributed by atoms with Crippen LogP contribution in [0.5, 0.6) is 5.75 Å². The Balaban J connectivity index is 3.05. The Labute approximate surface area is 218 Å². The number of hydrogen-bond acceptors (Lipinski definition) is 7. The van der Waals surface area contributed by atoms with Crippen LogP contribution in [0.3, 0.4) is 0 Å². The molecular weight excluding hydrogens is 478 g/mol. The average Bonchev–Trinajstić information content (AvgIpc) is 2.86. The van der Waals surface area contributed by atoms with Crippen molar-refractivity contribution in [1.29, 1.82) is 0 Å². The van der Waals surface area contributed by atoms with Gasteiger partial charge in [0.25, 0.3) is 0 Å². The molecule has 5 unspecified atom stereocenters. The predicted octanol–water partition coefficient (Wildman–Crippen LogP) is 0.632. The van der Waals surface area contributed by atoms with Crippen LogP contribution in [0.2, 0.25) is 0 Å². The second-order valence-corrected chi connectivity index (χ2v) is 9.76. The van der Waals surface area contributed by atoms with Crippen LogP contribution in [0.1, 0.15) is 58.9 Å². The average molecular weight is 522 g/mol. The fourth-order valence-corrected chi connectivity index (χ4v) is 3.62. The van der Waals surface area contributed by atoms with Gasteiger partial charge >= 0.3 is 5.97 Å². The number of rotatable bonds is 16. The number of phenolic OH excluding ortho intramolecular Hbond substituents is 1. The van der Waals surface area contributed by atoms with Gasteiger partial charge in [0.15, 0.2) is 0 Å². The molecule has 0 bridgehead atoms. The third-order valence-corrected chi connectivity index (χ3v) is 6.38. The standard InChI is InChI=1S/C26H43N5O6/c1-5-16(4)22(31-24(34)21(28)15(2)3)25(35)29-19(8-6-7-13-27)23(33)30-20(26(36)37)14-17-9-11-18(32)12-10-17/h9-12,15-16,19-22,32H,5-8,13-14,27-28H2,1-4H3,(H,29,35)(H,30,33)(H,31,34)(H,36,37). The predicted molar refractivity (Wildman–Crippen MR) is 140 cm³/mol. The first kappa shape index (κ1) is 31.8. The number of aliphatic carboxylic acids is 1. The molecule has 1 rings (SSSR count). The van der Waals surface area contributed by atoms with Crippen molar-refractivity contribution in [2.24, 2.45) is 23.3 Å². The van der Waals surface area contributed by atoms with E-state index >= 15 is 0 Å². The zero-order valence-corrected chi connectivity index (χ0v) is 22.2. The van der Waals surface area contributed by atoms with E-state index in [-0.39, 0.29) is 30.4 Å². The van der Waals surface area contributed by atoms with Crippen molar-refractivity contribution in [1.82, 2.24) is 16.0 Å². The number of phenols is 1. The molecule has 1 aromatic rings. The van der Waals surface area contributed by atoms with Gasteiger partial charge in [-0.15, -0.1) is 0 Å². The van der Waals surface area contributed by atoms with Crippen LogP contribution in [0.15, 0.2) is 24.3 Å². The third-order valence-electron chi connectivity index (χ3n) is 6.38. The summed E-state index contributed by atoms with van der Waals surface area (Å²) in [5, 5.41) is 27.1. The molecule has 0 aliphatic carbocycles. The molecule has 1 aromatic carbocycles. The SMILES string of the molecule is CCC(C)C(NC(=O)C(N)C(C)C)C(=O)NC(CCCCN)C(=O)NC(Cc1ccc(O)cc1)C(=O)O. The minimum Gasteiger partial charge on any atom is -0.508 e. The van der Waals surface area contributed by atoms with E-state index in [1.54, 1.807) is 26.0 Å². The Morgan fingerprint density at radius 2 is 1.49 bits per heavy atom. The molecule has 5 atom stereocenters. The summed E-state index contributed by atoms with van der Waals surface area (Å²) in [6.45, 7) is 7.70. The quantitative estimate of drug-likeness (QED) is 0.154. The summed E-state index contributed by atoms with van der Waals surface area (Å²) in [6.07, 6.45) is 1.97. The fraction of sp³-hybridized carbons (Fsp3) is 0.615. The van der Waals surface area contributed by atoms with Gasteiger partial charge in [-0.2, -0.15) is 0 Å². The lowest BCUT2D eigenvalue weighted by atomic mass is 9.96. The van der Waals surface area contributed by atoms with E-state index in [0.717, 1.165) is 0 Å². The molecule has 11 heteroatoms. The van der Waals surface area contributed by atoms with E-state index in [1.807, 2.05) is 13.8 Å². The maximum absolute atomic E-state index is 13.3. The monoisotopic (exact) mass is 521 g/mol. The van der Waals surface area contributed by atoms with Crippen LogP contribution >= 0.6 is 0 Å². The van der Waals surface area contributed by atoms with Crippen LogP contribution in [-0.2, 0) is 25.6 Å². The summed E-state index contributed by atoms with van der Waals surface area (Å²) in [6, 6.07) is 2.01. The van der Waals surface area contributed by atoms with Gasteiger partial charge in [-0.3, -0.25) is 14.4 Å². The molecule has 37 heavy (non-hydrogen) atoms. The highest BCUT2D eigenvalue weighted by molar-refractivity contribution is 5.94. The smallest absolute Gasteiger partial charge is 0.326 e. The van der Waals surface area contributed by atoms with Crippen molar-refractivity contribution in [3.05, 3.63) is 29.8 Å². The largest absolute Gasteiger partial charge is 0.508 e. The zero-order chi connectivity index (χ0) is 28.1. The highest BCUT2D eigenvalue weighted by Crippen LogP contribution is 2.13. The Kier molecular flexibility index (Phi) is 13.6.